The highest BCUT2D eigenvalue weighted by molar-refractivity contribution is 6.60. The van der Waals surface area contributed by atoms with Gasteiger partial charge in [0, 0.05) is 57.9 Å². The summed E-state index contributed by atoms with van der Waals surface area (Å²) >= 11 is 0. The zero-order chi connectivity index (χ0) is 17.7. The van der Waals surface area contributed by atoms with Crippen LogP contribution in [0.2, 0.25) is 6.04 Å². The number of carbonyl (C=O) groups is 1. The Morgan fingerprint density at radius 3 is 2.25 bits per heavy atom. The molecule has 0 aromatic carbocycles. The van der Waals surface area contributed by atoms with E-state index in [9.17, 15) is 4.79 Å². The van der Waals surface area contributed by atoms with Crippen LogP contribution < -0.4 is 10.6 Å². The second-order valence-electron chi connectivity index (χ2n) is 5.07. The Kier molecular flexibility index (Phi) is 10.3. The molecule has 0 aliphatic rings. The standard InChI is InChI=1S/C15H30N4O4Si/c1-4-21-24(22-5-2,23-6-3)13-10-18-15(20)17-8-7-11-19-12-9-16-14-19/h9,12,14H,4-8,10-11,13H2,1-3H3,(H2,17,18,20). The van der Waals surface area contributed by atoms with Crippen LogP contribution in [0.4, 0.5) is 4.79 Å². The molecule has 0 saturated carbocycles. The van der Waals surface area contributed by atoms with E-state index < -0.39 is 8.80 Å². The van der Waals surface area contributed by atoms with Crippen molar-refractivity contribution in [3.05, 3.63) is 18.7 Å². The SMILES string of the molecule is CCO[Si](CCNC(=O)NCCCn1ccnc1)(OCC)OCC. The highest BCUT2D eigenvalue weighted by atomic mass is 28.4. The summed E-state index contributed by atoms with van der Waals surface area (Å²) in [5, 5.41) is 5.67. The van der Waals surface area contributed by atoms with Crippen LogP contribution in [-0.4, -0.2) is 57.3 Å². The number of rotatable bonds is 13. The van der Waals surface area contributed by atoms with Crippen LogP contribution in [-0.2, 0) is 19.8 Å². The van der Waals surface area contributed by atoms with Crippen molar-refractivity contribution in [3.8, 4) is 0 Å². The smallest absolute Gasteiger partial charge is 0.374 e. The third-order valence-corrected chi connectivity index (χ3v) is 6.30. The maximum atomic E-state index is 11.8. The van der Waals surface area contributed by atoms with Gasteiger partial charge in [-0.3, -0.25) is 0 Å². The van der Waals surface area contributed by atoms with Crippen molar-refractivity contribution < 1.29 is 18.1 Å². The molecule has 0 unspecified atom stereocenters. The van der Waals surface area contributed by atoms with Gasteiger partial charge in [0.2, 0.25) is 0 Å². The first-order chi connectivity index (χ1) is 11.7. The lowest BCUT2D eigenvalue weighted by Gasteiger charge is -2.28. The first kappa shape index (κ1) is 20.6. The first-order valence-corrected chi connectivity index (χ1v) is 10.5. The van der Waals surface area contributed by atoms with Crippen LogP contribution in [0.15, 0.2) is 18.7 Å². The highest BCUT2D eigenvalue weighted by Crippen LogP contribution is 2.15. The van der Waals surface area contributed by atoms with E-state index >= 15 is 0 Å². The van der Waals surface area contributed by atoms with Crippen LogP contribution in [0.1, 0.15) is 27.2 Å². The third kappa shape index (κ3) is 7.91. The average Bonchev–Trinajstić information content (AvgIpc) is 3.06. The number of aryl methyl sites for hydroxylation is 1. The Morgan fingerprint density at radius 1 is 1.08 bits per heavy atom. The van der Waals surface area contributed by atoms with Gasteiger partial charge in [0.1, 0.15) is 0 Å². The Hall–Kier alpha value is -1.42. The molecular formula is C15H30N4O4Si. The molecule has 0 spiro atoms. The third-order valence-electron chi connectivity index (χ3n) is 3.25. The molecule has 2 amide bonds. The summed E-state index contributed by atoms with van der Waals surface area (Å²) in [4.78, 5) is 15.8. The topological polar surface area (TPSA) is 86.6 Å². The van der Waals surface area contributed by atoms with Crippen LogP contribution in [0.3, 0.4) is 0 Å². The molecular weight excluding hydrogens is 328 g/mol. The molecule has 1 rings (SSSR count). The van der Waals surface area contributed by atoms with E-state index in [1.54, 1.807) is 12.5 Å². The summed E-state index contributed by atoms with van der Waals surface area (Å²) in [5.41, 5.74) is 0. The van der Waals surface area contributed by atoms with Gasteiger partial charge >= 0.3 is 14.8 Å². The van der Waals surface area contributed by atoms with Gasteiger partial charge in [-0.15, -0.1) is 0 Å². The molecule has 1 aromatic heterocycles. The van der Waals surface area contributed by atoms with Crippen LogP contribution in [0.5, 0.6) is 0 Å². The molecule has 1 heterocycles. The van der Waals surface area contributed by atoms with Crippen molar-refractivity contribution in [2.45, 2.75) is 39.8 Å². The zero-order valence-corrected chi connectivity index (χ0v) is 15.9. The van der Waals surface area contributed by atoms with Gasteiger partial charge in [-0.25, -0.2) is 9.78 Å². The van der Waals surface area contributed by atoms with Gasteiger partial charge in [-0.2, -0.15) is 0 Å². The van der Waals surface area contributed by atoms with Gasteiger partial charge in [0.15, 0.2) is 0 Å². The normalized spacial score (nSPS) is 11.5. The number of carbonyl (C=O) groups excluding carboxylic acids is 1. The lowest BCUT2D eigenvalue weighted by atomic mass is 10.4. The van der Waals surface area contributed by atoms with Crippen LogP contribution >= 0.6 is 0 Å². The maximum Gasteiger partial charge on any atom is 0.502 e. The summed E-state index contributed by atoms with van der Waals surface area (Å²) in [5.74, 6) is 0. The van der Waals surface area contributed by atoms with E-state index in [1.807, 2.05) is 31.5 Å². The lowest BCUT2D eigenvalue weighted by Crippen LogP contribution is -2.49. The summed E-state index contributed by atoms with van der Waals surface area (Å²) in [6.07, 6.45) is 6.25. The molecule has 0 atom stereocenters. The predicted molar refractivity (Wildman–Crippen MR) is 93.7 cm³/mol. The molecule has 2 N–H and O–H groups in total. The molecule has 9 heteroatoms. The molecule has 0 aliphatic carbocycles. The van der Waals surface area contributed by atoms with Crippen molar-refractivity contribution in [2.24, 2.45) is 0 Å². The highest BCUT2D eigenvalue weighted by Gasteiger charge is 2.39. The number of urea groups is 1. The monoisotopic (exact) mass is 358 g/mol. The van der Waals surface area contributed by atoms with Crippen molar-refractivity contribution in [1.29, 1.82) is 0 Å². The number of aromatic nitrogens is 2. The Morgan fingerprint density at radius 2 is 1.71 bits per heavy atom. The van der Waals surface area contributed by atoms with E-state index in [-0.39, 0.29) is 6.03 Å². The van der Waals surface area contributed by atoms with E-state index in [0.717, 1.165) is 13.0 Å². The minimum atomic E-state index is -2.69. The number of hydrogen-bond donors (Lipinski definition) is 2. The van der Waals surface area contributed by atoms with E-state index in [0.29, 0.717) is 39.0 Å². The quantitative estimate of drug-likeness (QED) is 0.413. The molecule has 0 saturated heterocycles. The minimum absolute atomic E-state index is 0.187. The number of nitrogens with one attached hydrogen (secondary N) is 2. The second kappa shape index (κ2) is 12.0. The lowest BCUT2D eigenvalue weighted by molar-refractivity contribution is 0.0716. The van der Waals surface area contributed by atoms with Gasteiger partial charge in [0.25, 0.3) is 0 Å². The largest absolute Gasteiger partial charge is 0.502 e. The van der Waals surface area contributed by atoms with E-state index in [2.05, 4.69) is 15.6 Å². The summed E-state index contributed by atoms with van der Waals surface area (Å²) < 4.78 is 19.2. The zero-order valence-electron chi connectivity index (χ0n) is 14.9. The molecule has 24 heavy (non-hydrogen) atoms. The second-order valence-corrected chi connectivity index (χ2v) is 7.80. The molecule has 0 radical (unpaired) electrons. The Bertz CT molecular complexity index is 428. The fourth-order valence-electron chi connectivity index (χ4n) is 2.28. The first-order valence-electron chi connectivity index (χ1n) is 8.55. The molecule has 138 valence electrons. The number of amides is 2. The van der Waals surface area contributed by atoms with Crippen molar-refractivity contribution in [1.82, 2.24) is 20.2 Å². The number of hydrogen-bond acceptors (Lipinski definition) is 5. The van der Waals surface area contributed by atoms with E-state index in [4.69, 9.17) is 13.3 Å². The van der Waals surface area contributed by atoms with Crippen molar-refractivity contribution >= 4 is 14.8 Å². The van der Waals surface area contributed by atoms with E-state index in [1.165, 1.54) is 0 Å². The minimum Gasteiger partial charge on any atom is -0.374 e. The summed E-state index contributed by atoms with van der Waals surface area (Å²) in [6, 6.07) is 0.373. The summed E-state index contributed by atoms with van der Waals surface area (Å²) in [7, 11) is -2.69. The predicted octanol–water partition coefficient (Wildman–Crippen LogP) is 1.62. The Labute approximate surface area is 145 Å². The molecule has 0 aliphatic heterocycles. The number of nitrogens with zero attached hydrogens (tertiary/aromatic N) is 2. The summed E-state index contributed by atoms with van der Waals surface area (Å²) in [6.45, 7) is 9.25. The van der Waals surface area contributed by atoms with Crippen LogP contribution in [0.25, 0.3) is 0 Å². The maximum absolute atomic E-state index is 11.8. The van der Waals surface area contributed by atoms with Crippen molar-refractivity contribution in [2.75, 3.05) is 32.9 Å². The average molecular weight is 359 g/mol. The van der Waals surface area contributed by atoms with Gasteiger partial charge in [0.05, 0.1) is 6.33 Å². The van der Waals surface area contributed by atoms with Gasteiger partial charge in [-0.05, 0) is 27.2 Å². The number of imidazole rings is 1. The molecule has 0 bridgehead atoms. The molecule has 0 fully saturated rings. The van der Waals surface area contributed by atoms with Crippen LogP contribution in [0, 0.1) is 0 Å². The van der Waals surface area contributed by atoms with Gasteiger partial charge < -0.3 is 28.5 Å². The van der Waals surface area contributed by atoms with Crippen molar-refractivity contribution in [3.63, 3.8) is 0 Å². The Balaban J connectivity index is 2.23. The fourth-order valence-corrected chi connectivity index (χ4v) is 4.71. The fraction of sp³-hybridized carbons (Fsp3) is 0.733. The molecule has 8 nitrogen and oxygen atoms in total. The van der Waals surface area contributed by atoms with Gasteiger partial charge in [-0.1, -0.05) is 0 Å². The molecule has 1 aromatic rings.